The molecule has 2 heterocycles. The molecule has 1 unspecified atom stereocenters. The Balaban J connectivity index is 1.91. The molecule has 0 aromatic carbocycles. The molecule has 2 fully saturated rings. The van der Waals surface area contributed by atoms with Crippen LogP contribution in [0.15, 0.2) is 0 Å². The smallest absolute Gasteiger partial charge is 0.0226 e. The van der Waals surface area contributed by atoms with Crippen molar-refractivity contribution in [2.45, 2.75) is 52.6 Å². The molecular formula is C15H31N3. The number of nitrogens with zero attached hydrogens (tertiary/aromatic N) is 2. The quantitative estimate of drug-likeness (QED) is 0.827. The zero-order chi connectivity index (χ0) is 13.2. The van der Waals surface area contributed by atoms with E-state index in [4.69, 9.17) is 0 Å². The molecule has 2 rings (SSSR count). The highest BCUT2D eigenvalue weighted by Crippen LogP contribution is 2.23. The molecule has 18 heavy (non-hydrogen) atoms. The lowest BCUT2D eigenvalue weighted by Gasteiger charge is -2.35. The van der Waals surface area contributed by atoms with Crippen molar-refractivity contribution in [3.8, 4) is 0 Å². The van der Waals surface area contributed by atoms with Crippen LogP contribution in [0.5, 0.6) is 0 Å². The fourth-order valence-electron chi connectivity index (χ4n) is 3.59. The molecule has 106 valence electrons. The Kier molecular flexibility index (Phi) is 4.68. The monoisotopic (exact) mass is 253 g/mol. The van der Waals surface area contributed by atoms with Gasteiger partial charge in [0.15, 0.2) is 0 Å². The molecular weight excluding hydrogens is 222 g/mol. The van der Waals surface area contributed by atoms with Gasteiger partial charge in [-0.15, -0.1) is 0 Å². The minimum Gasteiger partial charge on any atom is -0.315 e. The first-order valence-electron chi connectivity index (χ1n) is 7.67. The predicted molar refractivity (Wildman–Crippen MR) is 78.0 cm³/mol. The number of hydrogen-bond donors (Lipinski definition) is 1. The van der Waals surface area contributed by atoms with Gasteiger partial charge in [0.2, 0.25) is 0 Å². The van der Waals surface area contributed by atoms with Gasteiger partial charge in [-0.05, 0) is 38.6 Å². The summed E-state index contributed by atoms with van der Waals surface area (Å²) >= 11 is 0. The minimum absolute atomic E-state index is 0.414. The maximum Gasteiger partial charge on any atom is 0.0226 e. The van der Waals surface area contributed by atoms with E-state index in [9.17, 15) is 0 Å². The molecule has 0 bridgehead atoms. The lowest BCUT2D eigenvalue weighted by atomic mass is 9.93. The molecule has 3 nitrogen and oxygen atoms in total. The van der Waals surface area contributed by atoms with E-state index < -0.39 is 0 Å². The predicted octanol–water partition coefficient (Wildman–Crippen LogP) is 1.79. The normalized spacial score (nSPS) is 30.8. The first kappa shape index (κ1) is 14.3. The Labute approximate surface area is 113 Å². The Bertz CT molecular complexity index is 262. The highest BCUT2D eigenvalue weighted by atomic mass is 15.3. The molecule has 2 aliphatic heterocycles. The maximum atomic E-state index is 3.57. The van der Waals surface area contributed by atoms with E-state index in [0.29, 0.717) is 11.5 Å². The first-order valence-corrected chi connectivity index (χ1v) is 7.67. The molecule has 2 saturated heterocycles. The van der Waals surface area contributed by atoms with Crippen LogP contribution in [0.25, 0.3) is 0 Å². The van der Waals surface area contributed by atoms with E-state index in [-0.39, 0.29) is 0 Å². The molecule has 0 amide bonds. The zero-order valence-corrected chi connectivity index (χ0v) is 12.7. The van der Waals surface area contributed by atoms with Gasteiger partial charge in [-0.2, -0.15) is 0 Å². The largest absolute Gasteiger partial charge is 0.315 e. The van der Waals surface area contributed by atoms with Crippen LogP contribution in [-0.2, 0) is 0 Å². The van der Waals surface area contributed by atoms with Crippen LogP contribution in [0.2, 0.25) is 0 Å². The van der Waals surface area contributed by atoms with Crippen molar-refractivity contribution >= 4 is 0 Å². The van der Waals surface area contributed by atoms with E-state index in [1.807, 2.05) is 0 Å². The van der Waals surface area contributed by atoms with Gasteiger partial charge < -0.3 is 5.32 Å². The fraction of sp³-hybridized carbons (Fsp3) is 1.00. The maximum absolute atomic E-state index is 3.57. The van der Waals surface area contributed by atoms with E-state index in [0.717, 1.165) is 19.1 Å². The van der Waals surface area contributed by atoms with Gasteiger partial charge in [0, 0.05) is 44.8 Å². The second kappa shape index (κ2) is 5.89. The van der Waals surface area contributed by atoms with Crippen molar-refractivity contribution in [2.75, 3.05) is 39.3 Å². The molecule has 0 aromatic rings. The first-order chi connectivity index (χ1) is 8.48. The number of nitrogens with one attached hydrogen (secondary N) is 1. The van der Waals surface area contributed by atoms with Gasteiger partial charge >= 0.3 is 0 Å². The van der Waals surface area contributed by atoms with Crippen molar-refractivity contribution in [3.63, 3.8) is 0 Å². The molecule has 0 spiro atoms. The molecule has 1 N–H and O–H groups in total. The summed E-state index contributed by atoms with van der Waals surface area (Å²) in [5, 5.41) is 3.57. The molecule has 0 radical (unpaired) electrons. The van der Waals surface area contributed by atoms with Gasteiger partial charge in [-0.3, -0.25) is 9.80 Å². The van der Waals surface area contributed by atoms with Gasteiger partial charge in [0.25, 0.3) is 0 Å². The van der Waals surface area contributed by atoms with Crippen molar-refractivity contribution in [2.24, 2.45) is 5.41 Å². The van der Waals surface area contributed by atoms with Gasteiger partial charge in [0.05, 0.1) is 0 Å². The summed E-state index contributed by atoms with van der Waals surface area (Å²) in [6.45, 7) is 16.8. The molecule has 0 saturated carbocycles. The third kappa shape index (κ3) is 3.69. The van der Waals surface area contributed by atoms with Gasteiger partial charge in [-0.25, -0.2) is 0 Å². The topological polar surface area (TPSA) is 18.5 Å². The highest BCUT2D eigenvalue weighted by Gasteiger charge is 2.31. The van der Waals surface area contributed by atoms with Crippen molar-refractivity contribution in [1.29, 1.82) is 0 Å². The minimum atomic E-state index is 0.414. The number of likely N-dealkylation sites (tertiary alicyclic amines) is 1. The van der Waals surface area contributed by atoms with Gasteiger partial charge in [0.1, 0.15) is 0 Å². The van der Waals surface area contributed by atoms with Crippen LogP contribution in [0.1, 0.15) is 40.5 Å². The lowest BCUT2D eigenvalue weighted by Crippen LogP contribution is -2.45. The van der Waals surface area contributed by atoms with Crippen LogP contribution in [0, 0.1) is 5.41 Å². The van der Waals surface area contributed by atoms with Gasteiger partial charge in [-0.1, -0.05) is 13.8 Å². The Morgan fingerprint density at radius 1 is 1.28 bits per heavy atom. The second-order valence-electron chi connectivity index (χ2n) is 7.20. The summed E-state index contributed by atoms with van der Waals surface area (Å²) in [5.74, 6) is 0. The van der Waals surface area contributed by atoms with Crippen molar-refractivity contribution < 1.29 is 0 Å². The average molecular weight is 253 g/mol. The summed E-state index contributed by atoms with van der Waals surface area (Å²) in [4.78, 5) is 5.39. The number of hydrogen-bond acceptors (Lipinski definition) is 3. The lowest BCUT2D eigenvalue weighted by molar-refractivity contribution is 0.128. The summed E-state index contributed by atoms with van der Waals surface area (Å²) in [6.07, 6.45) is 2.78. The summed E-state index contributed by atoms with van der Waals surface area (Å²) < 4.78 is 0. The van der Waals surface area contributed by atoms with Crippen LogP contribution >= 0.6 is 0 Å². The highest BCUT2D eigenvalue weighted by molar-refractivity contribution is 4.87. The molecule has 1 atom stereocenters. The average Bonchev–Trinajstić information content (AvgIpc) is 2.64. The van der Waals surface area contributed by atoms with Crippen LogP contribution < -0.4 is 5.32 Å². The second-order valence-corrected chi connectivity index (χ2v) is 7.20. The van der Waals surface area contributed by atoms with E-state index in [1.165, 1.54) is 39.0 Å². The van der Waals surface area contributed by atoms with Crippen LogP contribution in [-0.4, -0.2) is 61.2 Å². The van der Waals surface area contributed by atoms with E-state index >= 15 is 0 Å². The van der Waals surface area contributed by atoms with Crippen LogP contribution in [0.4, 0.5) is 0 Å². The SMILES string of the molecule is CC(C)N1CCCC1CN1CCNCC(C)(C)C1. The summed E-state index contributed by atoms with van der Waals surface area (Å²) in [5.41, 5.74) is 0.414. The zero-order valence-electron chi connectivity index (χ0n) is 12.7. The Hall–Kier alpha value is -0.120. The number of rotatable bonds is 3. The Morgan fingerprint density at radius 3 is 2.78 bits per heavy atom. The summed E-state index contributed by atoms with van der Waals surface area (Å²) in [6, 6.07) is 1.49. The van der Waals surface area contributed by atoms with Crippen molar-refractivity contribution in [1.82, 2.24) is 15.1 Å². The Morgan fingerprint density at radius 2 is 2.06 bits per heavy atom. The molecule has 3 heteroatoms. The molecule has 0 aromatic heterocycles. The van der Waals surface area contributed by atoms with Crippen LogP contribution in [0.3, 0.4) is 0 Å². The van der Waals surface area contributed by atoms with E-state index in [2.05, 4.69) is 42.8 Å². The standard InChI is InChI=1S/C15H31N3/c1-13(2)18-8-5-6-14(18)10-17-9-7-16-11-15(3,4)12-17/h13-14,16H,5-12H2,1-4H3. The third-order valence-corrected chi connectivity index (χ3v) is 4.41. The summed E-state index contributed by atoms with van der Waals surface area (Å²) in [7, 11) is 0. The third-order valence-electron chi connectivity index (χ3n) is 4.41. The fourth-order valence-corrected chi connectivity index (χ4v) is 3.59. The molecule has 0 aliphatic carbocycles. The molecule has 2 aliphatic rings. The van der Waals surface area contributed by atoms with Crippen molar-refractivity contribution in [3.05, 3.63) is 0 Å². The van der Waals surface area contributed by atoms with E-state index in [1.54, 1.807) is 0 Å².